The molecule has 2 aliphatic rings. The number of pyridine rings is 3. The third-order valence-corrected chi connectivity index (χ3v) is 9.04. The number of rotatable bonds is 6. The Hall–Kier alpha value is -3.24. The first-order valence-electron chi connectivity index (χ1n) is 13.5. The number of hydrogen-bond donors (Lipinski definition) is 0. The van der Waals surface area contributed by atoms with Crippen LogP contribution in [0, 0.1) is 5.92 Å². The molecule has 1 aliphatic heterocycles. The van der Waals surface area contributed by atoms with Gasteiger partial charge in [0.05, 0.1) is 46.5 Å². The van der Waals surface area contributed by atoms with Gasteiger partial charge < -0.3 is 9.64 Å². The molecular weight excluding hydrogens is 514 g/mol. The molecule has 206 valence electrons. The zero-order valence-electron chi connectivity index (χ0n) is 22.7. The number of ether oxygens (including phenoxy) is 1. The molecule has 3 aromatic heterocycles. The van der Waals surface area contributed by atoms with Crippen LogP contribution < -0.4 is 4.90 Å². The lowest BCUT2D eigenvalue weighted by molar-refractivity contribution is -0.117. The number of morpholine rings is 1. The number of sulfone groups is 1. The van der Waals surface area contributed by atoms with Gasteiger partial charge in [0.25, 0.3) is 5.91 Å². The molecular formula is C29H35N5O4S. The van der Waals surface area contributed by atoms with E-state index in [0.29, 0.717) is 18.5 Å². The largest absolute Gasteiger partial charge is 0.372 e. The molecule has 1 amide bonds. The second kappa shape index (κ2) is 11.5. The Morgan fingerprint density at radius 3 is 2.64 bits per heavy atom. The predicted octanol–water partition coefficient (Wildman–Crippen LogP) is 4.05. The highest BCUT2D eigenvalue weighted by Crippen LogP contribution is 2.28. The first-order valence-corrected chi connectivity index (χ1v) is 15.5. The fourth-order valence-electron chi connectivity index (χ4n) is 5.50. The van der Waals surface area contributed by atoms with E-state index in [0.717, 1.165) is 54.0 Å². The molecule has 39 heavy (non-hydrogen) atoms. The molecule has 3 aromatic rings. The van der Waals surface area contributed by atoms with E-state index < -0.39 is 9.84 Å². The number of carbonyl (C=O) groups is 1. The van der Waals surface area contributed by atoms with E-state index in [1.807, 2.05) is 36.4 Å². The van der Waals surface area contributed by atoms with Crippen molar-refractivity contribution in [3.8, 4) is 11.4 Å². The standard InChI is InChI=1S/C29H35N5O4S/c1-19-17-34(18-20(2)38-19)28-9-5-8-25(33-28)26-11-10-22-16-30-23(13-27(22)32-26)14-29(35)31-15-21-6-4-7-24(12-21)39(3,36)37/h5,8-11,13,15-16,19-21,24H,4,6-7,12,14,17-18H2,1-3H3/t19-,20+,21?,24-/m1/s1. The van der Waals surface area contributed by atoms with Gasteiger partial charge in [-0.2, -0.15) is 0 Å². The Balaban J connectivity index is 1.29. The van der Waals surface area contributed by atoms with Gasteiger partial charge in [0, 0.05) is 37.1 Å². The van der Waals surface area contributed by atoms with E-state index in [9.17, 15) is 13.2 Å². The minimum absolute atomic E-state index is 0.00311. The first-order chi connectivity index (χ1) is 18.6. The lowest BCUT2D eigenvalue weighted by Crippen LogP contribution is -2.45. The number of aliphatic imine (C=N–C) groups is 1. The molecule has 0 radical (unpaired) electrons. The summed E-state index contributed by atoms with van der Waals surface area (Å²) < 4.78 is 29.7. The fourth-order valence-corrected chi connectivity index (χ4v) is 6.69. The third-order valence-electron chi connectivity index (χ3n) is 7.40. The maximum absolute atomic E-state index is 12.6. The molecule has 4 atom stereocenters. The summed E-state index contributed by atoms with van der Waals surface area (Å²) in [7, 11) is -3.08. The molecule has 0 bridgehead atoms. The van der Waals surface area contributed by atoms with Gasteiger partial charge in [-0.25, -0.2) is 23.4 Å². The number of aromatic nitrogens is 3. The van der Waals surface area contributed by atoms with Gasteiger partial charge in [-0.3, -0.25) is 9.78 Å². The summed E-state index contributed by atoms with van der Waals surface area (Å²) in [5.74, 6) is 0.599. The Labute approximate surface area is 229 Å². The molecule has 5 rings (SSSR count). The average Bonchev–Trinajstić information content (AvgIpc) is 2.91. The summed E-state index contributed by atoms with van der Waals surface area (Å²) in [5, 5.41) is 0.524. The third kappa shape index (κ3) is 6.86. The molecule has 1 saturated heterocycles. The lowest BCUT2D eigenvalue weighted by Gasteiger charge is -2.36. The van der Waals surface area contributed by atoms with Crippen molar-refractivity contribution in [2.75, 3.05) is 24.2 Å². The molecule has 2 fully saturated rings. The number of nitrogens with zero attached hydrogens (tertiary/aromatic N) is 5. The molecule has 0 spiro atoms. The van der Waals surface area contributed by atoms with Crippen LogP contribution in [-0.4, -0.2) is 72.3 Å². The summed E-state index contributed by atoms with van der Waals surface area (Å²) in [4.78, 5) is 33.1. The Morgan fingerprint density at radius 2 is 1.87 bits per heavy atom. The first kappa shape index (κ1) is 27.3. The van der Waals surface area contributed by atoms with Crippen LogP contribution in [-0.2, 0) is 25.8 Å². The van der Waals surface area contributed by atoms with E-state index >= 15 is 0 Å². The van der Waals surface area contributed by atoms with Crippen molar-refractivity contribution >= 4 is 38.7 Å². The van der Waals surface area contributed by atoms with Crippen LogP contribution in [0.1, 0.15) is 45.2 Å². The van der Waals surface area contributed by atoms with Gasteiger partial charge in [-0.05, 0) is 69.4 Å². The maximum Gasteiger partial charge on any atom is 0.251 e. The molecule has 1 unspecified atom stereocenters. The maximum atomic E-state index is 12.6. The molecule has 1 aliphatic carbocycles. The van der Waals surface area contributed by atoms with E-state index in [1.54, 1.807) is 12.4 Å². The minimum Gasteiger partial charge on any atom is -0.372 e. The number of hydrogen-bond acceptors (Lipinski definition) is 8. The van der Waals surface area contributed by atoms with Crippen LogP contribution in [0.2, 0.25) is 0 Å². The van der Waals surface area contributed by atoms with Crippen LogP contribution >= 0.6 is 0 Å². The normalized spacial score (nSPS) is 24.3. The molecule has 0 aromatic carbocycles. The second-order valence-corrected chi connectivity index (χ2v) is 13.2. The van der Waals surface area contributed by atoms with Crippen molar-refractivity contribution in [2.45, 2.75) is 63.4 Å². The van der Waals surface area contributed by atoms with Gasteiger partial charge in [0.15, 0.2) is 0 Å². The molecule has 4 heterocycles. The Kier molecular flexibility index (Phi) is 8.04. The van der Waals surface area contributed by atoms with Crippen LogP contribution in [0.5, 0.6) is 0 Å². The van der Waals surface area contributed by atoms with Crippen molar-refractivity contribution in [3.05, 3.63) is 48.3 Å². The lowest BCUT2D eigenvalue weighted by atomic mass is 9.90. The Bertz CT molecular complexity index is 1480. The quantitative estimate of drug-likeness (QED) is 0.423. The number of amides is 1. The smallest absolute Gasteiger partial charge is 0.251 e. The Morgan fingerprint density at radius 1 is 1.10 bits per heavy atom. The van der Waals surface area contributed by atoms with Crippen molar-refractivity contribution in [1.82, 2.24) is 15.0 Å². The molecule has 10 heteroatoms. The highest BCUT2D eigenvalue weighted by atomic mass is 32.2. The monoisotopic (exact) mass is 549 g/mol. The average molecular weight is 550 g/mol. The van der Waals surface area contributed by atoms with Crippen molar-refractivity contribution in [1.29, 1.82) is 0 Å². The van der Waals surface area contributed by atoms with E-state index in [-0.39, 0.29) is 35.7 Å². The summed E-state index contributed by atoms with van der Waals surface area (Å²) in [6.07, 6.45) is 7.85. The minimum atomic E-state index is -3.08. The summed E-state index contributed by atoms with van der Waals surface area (Å²) >= 11 is 0. The van der Waals surface area contributed by atoms with Gasteiger partial charge in [0.2, 0.25) is 0 Å². The second-order valence-electron chi connectivity index (χ2n) is 10.8. The summed E-state index contributed by atoms with van der Waals surface area (Å²) in [5.41, 5.74) is 2.85. The predicted molar refractivity (Wildman–Crippen MR) is 153 cm³/mol. The van der Waals surface area contributed by atoms with E-state index in [4.69, 9.17) is 14.7 Å². The zero-order chi connectivity index (χ0) is 27.6. The van der Waals surface area contributed by atoms with Gasteiger partial charge >= 0.3 is 0 Å². The van der Waals surface area contributed by atoms with E-state index in [2.05, 4.69) is 28.7 Å². The van der Waals surface area contributed by atoms with Gasteiger partial charge in [-0.15, -0.1) is 0 Å². The van der Waals surface area contributed by atoms with Crippen LogP contribution in [0.3, 0.4) is 0 Å². The van der Waals surface area contributed by atoms with Crippen LogP contribution in [0.25, 0.3) is 22.3 Å². The molecule has 9 nitrogen and oxygen atoms in total. The van der Waals surface area contributed by atoms with E-state index in [1.165, 1.54) is 6.26 Å². The topological polar surface area (TPSA) is 115 Å². The van der Waals surface area contributed by atoms with Gasteiger partial charge in [-0.1, -0.05) is 12.5 Å². The summed E-state index contributed by atoms with van der Waals surface area (Å²) in [6.45, 7) is 5.72. The van der Waals surface area contributed by atoms with Crippen molar-refractivity contribution in [3.63, 3.8) is 0 Å². The van der Waals surface area contributed by atoms with Crippen LogP contribution in [0.4, 0.5) is 5.82 Å². The number of fused-ring (bicyclic) bond motifs is 1. The van der Waals surface area contributed by atoms with Crippen molar-refractivity contribution < 1.29 is 17.9 Å². The van der Waals surface area contributed by atoms with Gasteiger partial charge in [0.1, 0.15) is 15.7 Å². The fraction of sp³-hybridized carbons (Fsp3) is 0.483. The van der Waals surface area contributed by atoms with Crippen LogP contribution in [0.15, 0.2) is 47.6 Å². The summed E-state index contributed by atoms with van der Waals surface area (Å²) in [6, 6.07) is 11.7. The number of carbonyl (C=O) groups excluding carboxylic acids is 1. The SMILES string of the molecule is C[C@@H]1CN(c2cccc(-c3ccc4cnc(CC(=O)N=CC5CCC[C@@H](S(C)(=O)=O)C5)cc4n3)n2)C[C@H](C)O1. The number of anilines is 1. The zero-order valence-corrected chi connectivity index (χ0v) is 23.5. The molecule has 1 saturated carbocycles. The molecule has 0 N–H and O–H groups in total. The van der Waals surface area contributed by atoms with Crippen molar-refractivity contribution in [2.24, 2.45) is 10.9 Å². The highest BCUT2D eigenvalue weighted by Gasteiger charge is 2.28. The highest BCUT2D eigenvalue weighted by molar-refractivity contribution is 7.91.